The Balaban J connectivity index is 2.10. The van der Waals surface area contributed by atoms with Crippen molar-refractivity contribution in [2.24, 2.45) is 7.05 Å². The molecule has 4 nitrogen and oxygen atoms in total. The van der Waals surface area contributed by atoms with Gasteiger partial charge in [0, 0.05) is 28.9 Å². The number of aryl methyl sites for hydroxylation is 2. The van der Waals surface area contributed by atoms with Gasteiger partial charge in [-0.2, -0.15) is 0 Å². The maximum absolute atomic E-state index is 12.4. The van der Waals surface area contributed by atoms with Gasteiger partial charge in [0.1, 0.15) is 5.69 Å². The van der Waals surface area contributed by atoms with Crippen LogP contribution in [0, 0.1) is 6.92 Å². The summed E-state index contributed by atoms with van der Waals surface area (Å²) in [5, 5.41) is 2.11. The molecule has 0 saturated heterocycles. The van der Waals surface area contributed by atoms with E-state index in [0.29, 0.717) is 12.3 Å². The molecule has 0 radical (unpaired) electrons. The number of hydrogen-bond acceptors (Lipinski definition) is 3. The summed E-state index contributed by atoms with van der Waals surface area (Å²) in [5.41, 5.74) is 5.43. The van der Waals surface area contributed by atoms with Gasteiger partial charge in [0.05, 0.1) is 17.8 Å². The van der Waals surface area contributed by atoms with Crippen LogP contribution in [0.2, 0.25) is 0 Å². The monoisotopic (exact) mass is 344 g/mol. The van der Waals surface area contributed by atoms with E-state index in [4.69, 9.17) is 4.74 Å². The van der Waals surface area contributed by atoms with Crippen molar-refractivity contribution < 1.29 is 9.53 Å². The third-order valence-corrected chi connectivity index (χ3v) is 4.69. The van der Waals surface area contributed by atoms with E-state index >= 15 is 0 Å². The number of benzene rings is 2. The Labute approximate surface area is 152 Å². The Morgan fingerprint density at radius 3 is 2.54 bits per heavy atom. The number of carbonyl (C=O) groups excluding carboxylic acids is 1. The lowest BCUT2D eigenvalue weighted by molar-refractivity contribution is 0.0520. The number of aromatic nitrogens is 2. The second-order valence-corrected chi connectivity index (χ2v) is 6.41. The van der Waals surface area contributed by atoms with Gasteiger partial charge in [-0.1, -0.05) is 48.0 Å². The number of fused-ring (bicyclic) bond motifs is 3. The molecule has 0 aliphatic rings. The molecule has 0 unspecified atom stereocenters. The number of carbonyl (C=O) groups is 1. The van der Waals surface area contributed by atoms with Gasteiger partial charge < -0.3 is 9.30 Å². The summed E-state index contributed by atoms with van der Waals surface area (Å²) in [7, 11) is 2.04. The topological polar surface area (TPSA) is 44.1 Å². The van der Waals surface area contributed by atoms with Crippen LogP contribution in [0.3, 0.4) is 0 Å². The van der Waals surface area contributed by atoms with Crippen LogP contribution in [0.1, 0.15) is 23.0 Å². The summed E-state index contributed by atoms with van der Waals surface area (Å²) in [6.07, 6.45) is 0. The lowest BCUT2D eigenvalue weighted by atomic mass is 10.1. The molecule has 2 heterocycles. The molecular formula is C22H20N2O2. The lowest BCUT2D eigenvalue weighted by Crippen LogP contribution is -2.08. The van der Waals surface area contributed by atoms with Crippen molar-refractivity contribution in [2.75, 3.05) is 6.61 Å². The second-order valence-electron chi connectivity index (χ2n) is 6.41. The summed E-state index contributed by atoms with van der Waals surface area (Å²) in [6, 6.07) is 18.2. The zero-order valence-electron chi connectivity index (χ0n) is 15.1. The van der Waals surface area contributed by atoms with Crippen LogP contribution in [0.4, 0.5) is 0 Å². The van der Waals surface area contributed by atoms with Crippen molar-refractivity contribution in [3.63, 3.8) is 0 Å². The number of rotatable bonds is 3. The molecule has 0 bridgehead atoms. The molecule has 0 amide bonds. The highest BCUT2D eigenvalue weighted by molar-refractivity contribution is 6.13. The quantitative estimate of drug-likeness (QED) is 0.498. The zero-order chi connectivity index (χ0) is 18.3. The molecule has 0 aliphatic heterocycles. The molecule has 2 aromatic carbocycles. The predicted octanol–water partition coefficient (Wildman–Crippen LogP) is 4.88. The molecule has 26 heavy (non-hydrogen) atoms. The molecule has 0 fully saturated rings. The van der Waals surface area contributed by atoms with E-state index < -0.39 is 5.97 Å². The fourth-order valence-corrected chi connectivity index (χ4v) is 3.42. The van der Waals surface area contributed by atoms with Gasteiger partial charge in [-0.05, 0) is 26.0 Å². The van der Waals surface area contributed by atoms with Gasteiger partial charge in [0.2, 0.25) is 0 Å². The Morgan fingerprint density at radius 2 is 1.81 bits per heavy atom. The van der Waals surface area contributed by atoms with E-state index in [1.165, 1.54) is 5.56 Å². The minimum Gasteiger partial charge on any atom is -0.461 e. The van der Waals surface area contributed by atoms with Crippen LogP contribution < -0.4 is 0 Å². The highest BCUT2D eigenvalue weighted by Gasteiger charge is 2.19. The van der Waals surface area contributed by atoms with E-state index in [1.54, 1.807) is 6.92 Å². The molecule has 4 rings (SSSR count). The van der Waals surface area contributed by atoms with E-state index in [2.05, 4.69) is 40.7 Å². The normalized spacial score (nSPS) is 11.2. The number of ether oxygens (including phenoxy) is 1. The van der Waals surface area contributed by atoms with E-state index in [1.807, 2.05) is 37.4 Å². The number of para-hydroxylation sites is 1. The first-order valence-electron chi connectivity index (χ1n) is 8.72. The third-order valence-electron chi connectivity index (χ3n) is 4.69. The van der Waals surface area contributed by atoms with Crippen molar-refractivity contribution in [3.05, 3.63) is 65.9 Å². The average molecular weight is 344 g/mol. The summed E-state index contributed by atoms with van der Waals surface area (Å²) in [5.74, 6) is -0.393. The minimum atomic E-state index is -0.393. The number of hydrogen-bond donors (Lipinski definition) is 0. The SMILES string of the molecule is CCOC(=O)c1cc2c3ccccc3n(C)c2c(-c2ccc(C)cc2)n1. The smallest absolute Gasteiger partial charge is 0.356 e. The molecule has 0 N–H and O–H groups in total. The van der Waals surface area contributed by atoms with Crippen LogP contribution in [-0.2, 0) is 11.8 Å². The molecule has 0 atom stereocenters. The Bertz CT molecular complexity index is 1120. The Kier molecular flexibility index (Phi) is 3.96. The second kappa shape index (κ2) is 6.30. The molecule has 0 aliphatic carbocycles. The lowest BCUT2D eigenvalue weighted by Gasteiger charge is -2.09. The van der Waals surface area contributed by atoms with Crippen molar-refractivity contribution >= 4 is 27.8 Å². The van der Waals surface area contributed by atoms with Gasteiger partial charge >= 0.3 is 5.97 Å². The predicted molar refractivity (Wildman–Crippen MR) is 104 cm³/mol. The van der Waals surface area contributed by atoms with E-state index in [-0.39, 0.29) is 0 Å². The largest absolute Gasteiger partial charge is 0.461 e. The Morgan fingerprint density at radius 1 is 1.08 bits per heavy atom. The molecule has 130 valence electrons. The molecule has 0 spiro atoms. The zero-order valence-corrected chi connectivity index (χ0v) is 15.1. The van der Waals surface area contributed by atoms with Gasteiger partial charge in [-0.25, -0.2) is 9.78 Å². The molecule has 0 saturated carbocycles. The van der Waals surface area contributed by atoms with E-state index in [0.717, 1.165) is 33.1 Å². The molecule has 4 aromatic rings. The van der Waals surface area contributed by atoms with Gasteiger partial charge in [0.15, 0.2) is 0 Å². The summed E-state index contributed by atoms with van der Waals surface area (Å²) in [6.45, 7) is 4.18. The van der Waals surface area contributed by atoms with Crippen LogP contribution in [0.5, 0.6) is 0 Å². The fourth-order valence-electron chi connectivity index (χ4n) is 3.42. The maximum Gasteiger partial charge on any atom is 0.356 e. The fraction of sp³-hybridized carbons (Fsp3) is 0.182. The van der Waals surface area contributed by atoms with Crippen molar-refractivity contribution in [2.45, 2.75) is 13.8 Å². The van der Waals surface area contributed by atoms with Crippen molar-refractivity contribution in [3.8, 4) is 11.3 Å². The number of pyridine rings is 1. The average Bonchev–Trinajstić information content (AvgIpc) is 2.95. The molecule has 4 heteroatoms. The van der Waals surface area contributed by atoms with Gasteiger partial charge in [-0.3, -0.25) is 0 Å². The van der Waals surface area contributed by atoms with Crippen LogP contribution in [0.15, 0.2) is 54.6 Å². The third kappa shape index (κ3) is 2.54. The summed E-state index contributed by atoms with van der Waals surface area (Å²) in [4.78, 5) is 17.1. The first-order valence-corrected chi connectivity index (χ1v) is 8.72. The standard InChI is InChI=1S/C22H20N2O2/c1-4-26-22(25)18-13-17-16-7-5-6-8-19(16)24(3)21(17)20(23-18)15-11-9-14(2)10-12-15/h5-13H,4H2,1-3H3. The van der Waals surface area contributed by atoms with Gasteiger partial charge in [-0.15, -0.1) is 0 Å². The first-order chi connectivity index (χ1) is 12.6. The first kappa shape index (κ1) is 16.3. The van der Waals surface area contributed by atoms with Crippen LogP contribution in [-0.4, -0.2) is 22.1 Å². The summed E-state index contributed by atoms with van der Waals surface area (Å²) < 4.78 is 7.34. The van der Waals surface area contributed by atoms with Gasteiger partial charge in [0.25, 0.3) is 0 Å². The molecular weight excluding hydrogens is 324 g/mol. The molecule has 2 aromatic heterocycles. The van der Waals surface area contributed by atoms with Crippen LogP contribution in [0.25, 0.3) is 33.1 Å². The highest BCUT2D eigenvalue weighted by Crippen LogP contribution is 2.34. The summed E-state index contributed by atoms with van der Waals surface area (Å²) >= 11 is 0. The van der Waals surface area contributed by atoms with Crippen molar-refractivity contribution in [1.82, 2.24) is 9.55 Å². The Hall–Kier alpha value is -3.14. The minimum absolute atomic E-state index is 0.327. The number of nitrogens with zero attached hydrogens (tertiary/aromatic N) is 2. The number of esters is 1. The van der Waals surface area contributed by atoms with Crippen LogP contribution >= 0.6 is 0 Å². The maximum atomic E-state index is 12.4. The highest BCUT2D eigenvalue weighted by atomic mass is 16.5. The van der Waals surface area contributed by atoms with E-state index in [9.17, 15) is 4.79 Å². The van der Waals surface area contributed by atoms with Crippen molar-refractivity contribution in [1.29, 1.82) is 0 Å².